The van der Waals surface area contributed by atoms with Gasteiger partial charge in [0.05, 0.1) is 5.69 Å². The minimum Gasteiger partial charge on any atom is -0.308 e. The largest absolute Gasteiger partial charge is 0.308 e. The van der Waals surface area contributed by atoms with Crippen LogP contribution < -0.4 is 5.32 Å². The normalized spacial score (nSPS) is 20.6. The molecule has 1 unspecified atom stereocenters. The van der Waals surface area contributed by atoms with Crippen LogP contribution in [0.25, 0.3) is 5.69 Å². The lowest BCUT2D eigenvalue weighted by molar-refractivity contribution is -0.121. The van der Waals surface area contributed by atoms with Crippen molar-refractivity contribution in [1.29, 1.82) is 0 Å². The topological polar surface area (TPSA) is 46.9 Å². The van der Waals surface area contributed by atoms with E-state index in [1.54, 1.807) is 66.9 Å². The number of anilines is 1. The first-order valence-electron chi connectivity index (χ1n) is 7.99. The highest BCUT2D eigenvalue weighted by molar-refractivity contribution is 6.30. The number of nitrogens with one attached hydrogen (secondary N) is 1. The van der Waals surface area contributed by atoms with Gasteiger partial charge in [0.25, 0.3) is 5.92 Å². The number of hydrogen-bond acceptors (Lipinski definition) is 2. The molecule has 1 aromatic heterocycles. The van der Waals surface area contributed by atoms with Crippen molar-refractivity contribution in [2.24, 2.45) is 0 Å². The number of benzene rings is 2. The maximum absolute atomic E-state index is 14.1. The Hall–Kier alpha value is -2.73. The average Bonchev–Trinajstić information content (AvgIpc) is 2.98. The molecule has 0 aliphatic heterocycles. The van der Waals surface area contributed by atoms with Gasteiger partial charge in [0.1, 0.15) is 5.41 Å². The van der Waals surface area contributed by atoms with Crippen LogP contribution in [0.1, 0.15) is 12.0 Å². The van der Waals surface area contributed by atoms with Gasteiger partial charge in [-0.3, -0.25) is 4.79 Å². The average molecular weight is 374 g/mol. The Morgan fingerprint density at radius 1 is 1.12 bits per heavy atom. The van der Waals surface area contributed by atoms with E-state index in [1.807, 2.05) is 0 Å². The molecule has 1 aliphatic carbocycles. The molecule has 0 saturated heterocycles. The van der Waals surface area contributed by atoms with Gasteiger partial charge in [0.2, 0.25) is 5.91 Å². The van der Waals surface area contributed by atoms with E-state index < -0.39 is 23.7 Å². The van der Waals surface area contributed by atoms with Crippen LogP contribution in [0, 0.1) is 0 Å². The molecule has 0 bridgehead atoms. The van der Waals surface area contributed by atoms with Crippen LogP contribution in [0.2, 0.25) is 5.02 Å². The fourth-order valence-corrected chi connectivity index (χ4v) is 3.26. The first-order chi connectivity index (χ1) is 12.4. The van der Waals surface area contributed by atoms with Crippen LogP contribution in [0.4, 0.5) is 14.6 Å². The first kappa shape index (κ1) is 16.7. The predicted octanol–water partition coefficient (Wildman–Crippen LogP) is 4.44. The van der Waals surface area contributed by atoms with Crippen molar-refractivity contribution in [2.45, 2.75) is 17.8 Å². The highest BCUT2D eigenvalue weighted by Gasteiger charge is 2.76. The highest BCUT2D eigenvalue weighted by Crippen LogP contribution is 2.62. The predicted molar refractivity (Wildman–Crippen MR) is 94.9 cm³/mol. The molecular formula is C19H14ClF2N3O. The highest BCUT2D eigenvalue weighted by atomic mass is 35.5. The number of amides is 1. The third kappa shape index (κ3) is 2.66. The molecule has 1 heterocycles. The number of hydrogen-bond donors (Lipinski definition) is 1. The number of rotatable bonds is 4. The molecule has 1 saturated carbocycles. The van der Waals surface area contributed by atoms with Crippen molar-refractivity contribution in [3.8, 4) is 5.69 Å². The summed E-state index contributed by atoms with van der Waals surface area (Å²) >= 11 is 5.96. The third-order valence-corrected chi connectivity index (χ3v) is 4.78. The Balaban J connectivity index is 1.59. The summed E-state index contributed by atoms with van der Waals surface area (Å²) < 4.78 is 29.7. The van der Waals surface area contributed by atoms with E-state index in [2.05, 4.69) is 10.4 Å². The van der Waals surface area contributed by atoms with E-state index in [4.69, 9.17) is 11.6 Å². The maximum Gasteiger partial charge on any atom is 0.268 e. The molecule has 26 heavy (non-hydrogen) atoms. The second-order valence-electron chi connectivity index (χ2n) is 6.23. The van der Waals surface area contributed by atoms with Crippen molar-refractivity contribution < 1.29 is 13.6 Å². The fraction of sp³-hybridized carbons (Fsp3) is 0.158. The molecule has 7 heteroatoms. The number of halogens is 3. The molecule has 1 atom stereocenters. The lowest BCUT2D eigenvalue weighted by Crippen LogP contribution is -2.33. The molecule has 0 radical (unpaired) electrons. The Bertz CT molecular complexity index is 974. The van der Waals surface area contributed by atoms with Gasteiger partial charge < -0.3 is 5.32 Å². The van der Waals surface area contributed by atoms with Gasteiger partial charge in [-0.25, -0.2) is 13.5 Å². The zero-order valence-electron chi connectivity index (χ0n) is 13.5. The number of carbonyl (C=O) groups excluding carboxylic acids is 1. The summed E-state index contributed by atoms with van der Waals surface area (Å²) in [5, 5.41) is 7.29. The zero-order chi connectivity index (χ0) is 18.4. The van der Waals surface area contributed by atoms with Gasteiger partial charge in [0, 0.05) is 23.7 Å². The lowest BCUT2D eigenvalue weighted by Gasteiger charge is -2.15. The molecule has 1 amide bonds. The van der Waals surface area contributed by atoms with Crippen LogP contribution in [-0.4, -0.2) is 21.6 Å². The van der Waals surface area contributed by atoms with Gasteiger partial charge >= 0.3 is 0 Å². The van der Waals surface area contributed by atoms with E-state index >= 15 is 0 Å². The van der Waals surface area contributed by atoms with Crippen molar-refractivity contribution >= 4 is 23.3 Å². The number of nitrogens with zero attached hydrogens (tertiary/aromatic N) is 2. The van der Waals surface area contributed by atoms with Crippen LogP contribution >= 0.6 is 11.6 Å². The van der Waals surface area contributed by atoms with Gasteiger partial charge in [-0.15, -0.1) is 0 Å². The number of alkyl halides is 2. The smallest absolute Gasteiger partial charge is 0.268 e. The van der Waals surface area contributed by atoms with Crippen LogP contribution in [0.5, 0.6) is 0 Å². The minimum absolute atomic E-state index is 0.202. The monoisotopic (exact) mass is 373 g/mol. The van der Waals surface area contributed by atoms with Gasteiger partial charge in [-0.05, 0) is 23.8 Å². The van der Waals surface area contributed by atoms with E-state index in [1.165, 1.54) is 4.68 Å². The number of carbonyl (C=O) groups is 1. The summed E-state index contributed by atoms with van der Waals surface area (Å²) in [5.41, 5.74) is -0.835. The molecule has 4 nitrogen and oxygen atoms in total. The van der Waals surface area contributed by atoms with E-state index in [9.17, 15) is 13.6 Å². The van der Waals surface area contributed by atoms with Gasteiger partial charge in [-0.2, -0.15) is 5.10 Å². The standard InChI is InChI=1S/C19H14ClF2N3O/c20-14-7-4-8-15(11-14)25-10-9-16(24-25)23-17(26)18(12-19(18,21)22)13-5-2-1-3-6-13/h1-11H,12H2,(H,23,24,26). The summed E-state index contributed by atoms with van der Waals surface area (Å²) in [5.74, 6) is -3.63. The molecule has 1 fully saturated rings. The lowest BCUT2D eigenvalue weighted by atomic mass is 9.94. The molecule has 1 aliphatic rings. The molecule has 3 aromatic rings. The summed E-state index contributed by atoms with van der Waals surface area (Å²) in [6.07, 6.45) is 1.12. The summed E-state index contributed by atoms with van der Waals surface area (Å²) in [7, 11) is 0. The van der Waals surface area contributed by atoms with Crippen LogP contribution in [-0.2, 0) is 10.2 Å². The second-order valence-corrected chi connectivity index (χ2v) is 6.67. The maximum atomic E-state index is 14.1. The fourth-order valence-electron chi connectivity index (χ4n) is 3.08. The second kappa shape index (κ2) is 5.92. The van der Waals surface area contributed by atoms with E-state index in [0.29, 0.717) is 16.3 Å². The van der Waals surface area contributed by atoms with Crippen molar-refractivity contribution in [1.82, 2.24) is 9.78 Å². The quantitative estimate of drug-likeness (QED) is 0.734. The molecule has 0 spiro atoms. The Morgan fingerprint density at radius 2 is 1.85 bits per heavy atom. The summed E-state index contributed by atoms with van der Waals surface area (Å²) in [6.45, 7) is 0. The minimum atomic E-state index is -3.08. The van der Waals surface area contributed by atoms with Gasteiger partial charge in [0.15, 0.2) is 5.82 Å². The van der Waals surface area contributed by atoms with E-state index in [0.717, 1.165) is 0 Å². The zero-order valence-corrected chi connectivity index (χ0v) is 14.3. The van der Waals surface area contributed by atoms with Crippen molar-refractivity contribution in [3.63, 3.8) is 0 Å². The molecule has 2 aromatic carbocycles. The van der Waals surface area contributed by atoms with Crippen molar-refractivity contribution in [2.75, 3.05) is 5.32 Å². The third-order valence-electron chi connectivity index (χ3n) is 4.54. The van der Waals surface area contributed by atoms with Crippen LogP contribution in [0.15, 0.2) is 66.9 Å². The van der Waals surface area contributed by atoms with Crippen LogP contribution in [0.3, 0.4) is 0 Å². The SMILES string of the molecule is O=C(Nc1ccn(-c2cccc(Cl)c2)n1)C1(c2ccccc2)CC1(F)F. The Kier molecular flexibility index (Phi) is 3.80. The Morgan fingerprint density at radius 3 is 2.50 bits per heavy atom. The van der Waals surface area contributed by atoms with Gasteiger partial charge in [-0.1, -0.05) is 48.0 Å². The molecule has 1 N–H and O–H groups in total. The molecule has 4 rings (SSSR count). The Labute approximate surface area is 153 Å². The number of aromatic nitrogens is 2. The summed E-state index contributed by atoms with van der Waals surface area (Å²) in [6, 6.07) is 16.7. The molecular weight excluding hydrogens is 360 g/mol. The van der Waals surface area contributed by atoms with E-state index in [-0.39, 0.29) is 5.82 Å². The first-order valence-corrected chi connectivity index (χ1v) is 8.37. The molecule has 132 valence electrons. The van der Waals surface area contributed by atoms with Crippen molar-refractivity contribution in [3.05, 3.63) is 77.4 Å². The summed E-state index contributed by atoms with van der Waals surface area (Å²) in [4.78, 5) is 12.7.